The number of nitrogens with zero attached hydrogens (tertiary/aromatic N) is 5. The molecule has 0 unspecified atom stereocenters. The van der Waals surface area contributed by atoms with E-state index in [1.165, 1.54) is 4.88 Å². The minimum Gasteiger partial charge on any atom is -0.332 e. The van der Waals surface area contributed by atoms with Crippen LogP contribution < -0.4 is 5.32 Å². The molecular weight excluding hydrogens is 384 g/mol. The van der Waals surface area contributed by atoms with Crippen LogP contribution in [0, 0.1) is 0 Å². The Balaban J connectivity index is 1.32. The average Bonchev–Trinajstić information content (AvgIpc) is 3.41. The number of aromatic nitrogens is 5. The number of nitrogens with one attached hydrogen (secondary N) is 1. The fraction of sp³-hybridized carbons (Fsp3) is 0.176. The Morgan fingerprint density at radius 2 is 2.00 bits per heavy atom. The van der Waals surface area contributed by atoms with Gasteiger partial charge >= 0.3 is 0 Å². The van der Waals surface area contributed by atoms with Crippen molar-refractivity contribution in [3.63, 3.8) is 0 Å². The molecule has 1 N–H and O–H groups in total. The Kier molecular flexibility index (Phi) is 5.58. The number of benzene rings is 1. The van der Waals surface area contributed by atoms with Gasteiger partial charge in [-0.2, -0.15) is 0 Å². The van der Waals surface area contributed by atoms with Gasteiger partial charge in [0.2, 0.25) is 5.16 Å². The maximum Gasteiger partial charge on any atom is 0.209 e. The number of thiazole rings is 1. The number of thioether (sulfide) groups is 1. The molecule has 26 heavy (non-hydrogen) atoms. The summed E-state index contributed by atoms with van der Waals surface area (Å²) in [6, 6.07) is 14.3. The Morgan fingerprint density at radius 1 is 1.08 bits per heavy atom. The SMILES string of the molecule is c1ccc(Nc2nc(CSc3nnnn3CCc3cccs3)cs2)cc1. The van der Waals surface area contributed by atoms with Gasteiger partial charge in [-0.15, -0.1) is 27.8 Å². The molecule has 0 atom stereocenters. The first-order valence-corrected chi connectivity index (χ1v) is 10.8. The molecule has 0 aliphatic heterocycles. The minimum atomic E-state index is 0.742. The lowest BCUT2D eigenvalue weighted by molar-refractivity contribution is 0.550. The number of hydrogen-bond donors (Lipinski definition) is 1. The molecule has 9 heteroatoms. The Morgan fingerprint density at radius 3 is 2.85 bits per heavy atom. The molecule has 0 amide bonds. The van der Waals surface area contributed by atoms with Gasteiger partial charge in [0, 0.05) is 28.1 Å². The van der Waals surface area contributed by atoms with E-state index >= 15 is 0 Å². The van der Waals surface area contributed by atoms with E-state index in [0.29, 0.717) is 0 Å². The van der Waals surface area contributed by atoms with Gasteiger partial charge in [-0.25, -0.2) is 9.67 Å². The molecule has 0 aliphatic carbocycles. The number of thiophene rings is 1. The quantitative estimate of drug-likeness (QED) is 0.440. The van der Waals surface area contributed by atoms with Crippen molar-refractivity contribution in [3.05, 3.63) is 63.8 Å². The second-order valence-corrected chi connectivity index (χ2v) is 8.27. The zero-order valence-electron chi connectivity index (χ0n) is 13.8. The monoisotopic (exact) mass is 400 g/mol. The van der Waals surface area contributed by atoms with E-state index in [9.17, 15) is 0 Å². The number of para-hydroxylation sites is 1. The van der Waals surface area contributed by atoms with Gasteiger partial charge in [0.15, 0.2) is 5.13 Å². The van der Waals surface area contributed by atoms with Gasteiger partial charge in [0.25, 0.3) is 0 Å². The number of rotatable bonds is 8. The second-order valence-electron chi connectivity index (χ2n) is 5.44. The summed E-state index contributed by atoms with van der Waals surface area (Å²) in [6.45, 7) is 0.785. The van der Waals surface area contributed by atoms with Crippen molar-refractivity contribution in [1.82, 2.24) is 25.2 Å². The molecule has 1 aromatic carbocycles. The molecule has 0 fully saturated rings. The summed E-state index contributed by atoms with van der Waals surface area (Å²) in [4.78, 5) is 5.97. The fourth-order valence-corrected chi connectivity index (χ4v) is 4.66. The highest BCUT2D eigenvalue weighted by Gasteiger charge is 2.09. The predicted molar refractivity (Wildman–Crippen MR) is 107 cm³/mol. The second kappa shape index (κ2) is 8.43. The first-order chi connectivity index (χ1) is 12.9. The Hall–Kier alpha value is -2.23. The third-order valence-corrected chi connectivity index (χ3v) is 6.31. The smallest absolute Gasteiger partial charge is 0.209 e. The van der Waals surface area contributed by atoms with E-state index in [4.69, 9.17) is 0 Å². The fourth-order valence-electron chi connectivity index (χ4n) is 2.33. The van der Waals surface area contributed by atoms with Crippen LogP contribution >= 0.6 is 34.4 Å². The van der Waals surface area contributed by atoms with Gasteiger partial charge in [0.05, 0.1) is 12.2 Å². The molecule has 132 valence electrons. The molecule has 0 saturated heterocycles. The van der Waals surface area contributed by atoms with Crippen molar-refractivity contribution in [2.75, 3.05) is 5.32 Å². The lowest BCUT2D eigenvalue weighted by Crippen LogP contribution is -2.04. The van der Waals surface area contributed by atoms with Crippen LogP contribution in [0.15, 0.2) is 58.4 Å². The van der Waals surface area contributed by atoms with Crippen LogP contribution in [-0.4, -0.2) is 25.2 Å². The van der Waals surface area contributed by atoms with Crippen LogP contribution in [0.1, 0.15) is 10.6 Å². The molecule has 0 radical (unpaired) electrons. The predicted octanol–water partition coefficient (Wildman–Crippen LogP) is 4.47. The van der Waals surface area contributed by atoms with E-state index in [1.807, 2.05) is 35.0 Å². The summed E-state index contributed by atoms with van der Waals surface area (Å²) in [5.74, 6) is 0.742. The van der Waals surface area contributed by atoms with Gasteiger partial charge < -0.3 is 5.32 Å². The largest absolute Gasteiger partial charge is 0.332 e. The van der Waals surface area contributed by atoms with Gasteiger partial charge in [-0.3, -0.25) is 0 Å². The van der Waals surface area contributed by atoms with Crippen LogP contribution in [-0.2, 0) is 18.7 Å². The molecule has 3 heterocycles. The molecule has 0 bridgehead atoms. The summed E-state index contributed by atoms with van der Waals surface area (Å²) >= 11 is 4.97. The first kappa shape index (κ1) is 17.2. The van der Waals surface area contributed by atoms with E-state index in [0.717, 1.165) is 40.4 Å². The third kappa shape index (κ3) is 4.48. The van der Waals surface area contributed by atoms with Crippen molar-refractivity contribution >= 4 is 45.3 Å². The molecule has 4 rings (SSSR count). The number of hydrogen-bond acceptors (Lipinski definition) is 8. The van der Waals surface area contributed by atoms with E-state index in [2.05, 4.69) is 48.7 Å². The Labute approximate surface area is 163 Å². The molecule has 0 aliphatic rings. The maximum atomic E-state index is 4.63. The third-order valence-electron chi connectivity index (χ3n) is 3.58. The summed E-state index contributed by atoms with van der Waals surface area (Å²) in [6.07, 6.45) is 0.943. The first-order valence-electron chi connectivity index (χ1n) is 8.04. The van der Waals surface area contributed by atoms with Gasteiger partial charge in [-0.05, 0) is 34.0 Å². The Bertz CT molecular complexity index is 933. The van der Waals surface area contributed by atoms with Crippen molar-refractivity contribution in [2.45, 2.75) is 23.9 Å². The molecule has 3 aromatic heterocycles. The molecule has 4 aromatic rings. The molecule has 0 saturated carbocycles. The van der Waals surface area contributed by atoms with Crippen molar-refractivity contribution in [3.8, 4) is 0 Å². The summed E-state index contributed by atoms with van der Waals surface area (Å²) in [5, 5.41) is 21.2. The normalized spacial score (nSPS) is 10.9. The van der Waals surface area contributed by atoms with Crippen LogP contribution in [0.5, 0.6) is 0 Å². The van der Waals surface area contributed by atoms with Crippen LogP contribution in [0.25, 0.3) is 0 Å². The zero-order valence-corrected chi connectivity index (χ0v) is 16.2. The lowest BCUT2D eigenvalue weighted by atomic mass is 10.3. The zero-order chi connectivity index (χ0) is 17.6. The van der Waals surface area contributed by atoms with Crippen LogP contribution in [0.4, 0.5) is 10.8 Å². The highest BCUT2D eigenvalue weighted by Crippen LogP contribution is 2.25. The van der Waals surface area contributed by atoms with Crippen LogP contribution in [0.2, 0.25) is 0 Å². The highest BCUT2D eigenvalue weighted by atomic mass is 32.2. The van der Waals surface area contributed by atoms with Crippen molar-refractivity contribution in [1.29, 1.82) is 0 Å². The number of anilines is 2. The summed E-state index contributed by atoms with van der Waals surface area (Å²) in [5.41, 5.74) is 2.06. The molecule has 6 nitrogen and oxygen atoms in total. The average molecular weight is 401 g/mol. The number of aryl methyl sites for hydroxylation is 2. The van der Waals surface area contributed by atoms with E-state index in [1.54, 1.807) is 34.4 Å². The van der Waals surface area contributed by atoms with Gasteiger partial charge in [0.1, 0.15) is 0 Å². The topological polar surface area (TPSA) is 68.5 Å². The summed E-state index contributed by atoms with van der Waals surface area (Å²) < 4.78 is 1.86. The van der Waals surface area contributed by atoms with Crippen LogP contribution in [0.3, 0.4) is 0 Å². The van der Waals surface area contributed by atoms with Gasteiger partial charge in [-0.1, -0.05) is 36.0 Å². The minimum absolute atomic E-state index is 0.742. The van der Waals surface area contributed by atoms with E-state index in [-0.39, 0.29) is 0 Å². The van der Waals surface area contributed by atoms with E-state index < -0.39 is 0 Å². The molecule has 0 spiro atoms. The standard InChI is InChI=1S/C17H16N6S3/c1-2-5-13(6-3-1)18-16-19-14(11-25-16)12-26-17-20-21-22-23(17)9-8-15-7-4-10-24-15/h1-7,10-11H,8-9,12H2,(H,18,19). The lowest BCUT2D eigenvalue weighted by Gasteiger charge is -2.03. The maximum absolute atomic E-state index is 4.63. The molecular formula is C17H16N6S3. The summed E-state index contributed by atoms with van der Waals surface area (Å²) in [7, 11) is 0. The number of tetrazole rings is 1. The highest BCUT2D eigenvalue weighted by molar-refractivity contribution is 7.98. The van der Waals surface area contributed by atoms with Crippen molar-refractivity contribution in [2.24, 2.45) is 0 Å². The van der Waals surface area contributed by atoms with Crippen molar-refractivity contribution < 1.29 is 0 Å².